The molecule has 0 heterocycles. The van der Waals surface area contributed by atoms with Crippen LogP contribution in [0, 0.1) is 0 Å². The molecular weight excluding hydrogens is 374 g/mol. The molecule has 2 rings (SSSR count). The highest BCUT2D eigenvalue weighted by molar-refractivity contribution is 7.89. The first-order valence-corrected chi connectivity index (χ1v) is 9.94. The van der Waals surface area contributed by atoms with Gasteiger partial charge in [0.05, 0.1) is 4.90 Å². The van der Waals surface area contributed by atoms with Gasteiger partial charge in [0.2, 0.25) is 10.0 Å². The van der Waals surface area contributed by atoms with E-state index >= 15 is 0 Å². The minimum absolute atomic E-state index is 0.0231. The molecule has 0 aliphatic heterocycles. The summed E-state index contributed by atoms with van der Waals surface area (Å²) in [6.07, 6.45) is 0. The number of quaternary nitrogens is 1. The van der Waals surface area contributed by atoms with Gasteiger partial charge in [-0.1, -0.05) is 35.9 Å². The molecule has 2 aromatic carbocycles. The van der Waals surface area contributed by atoms with Gasteiger partial charge in [0.25, 0.3) is 5.91 Å². The first-order valence-electron chi connectivity index (χ1n) is 8.12. The van der Waals surface area contributed by atoms with E-state index in [0.29, 0.717) is 10.7 Å². The molecule has 0 bridgehead atoms. The number of nitrogens with zero attached hydrogens (tertiary/aromatic N) is 1. The summed E-state index contributed by atoms with van der Waals surface area (Å²) in [6, 6.07) is 13.7. The summed E-state index contributed by atoms with van der Waals surface area (Å²) >= 11 is 6.17. The number of rotatable bonds is 7. The van der Waals surface area contributed by atoms with Crippen molar-refractivity contribution in [1.29, 1.82) is 0 Å². The van der Waals surface area contributed by atoms with E-state index in [-0.39, 0.29) is 23.4 Å². The van der Waals surface area contributed by atoms with Crippen molar-refractivity contribution >= 4 is 33.2 Å². The number of carbonyl (C=O) groups excluding carboxylic acids is 1. The Kier molecular flexibility index (Phi) is 6.77. The minimum atomic E-state index is -3.54. The smallest absolute Gasteiger partial charge is 0.279 e. The molecule has 0 saturated heterocycles. The number of carbonyl (C=O) groups is 1. The average molecular weight is 397 g/mol. The molecule has 1 atom stereocenters. The Balaban J connectivity index is 1.99. The van der Waals surface area contributed by atoms with Crippen LogP contribution in [0.3, 0.4) is 0 Å². The first-order chi connectivity index (χ1) is 12.2. The maximum atomic E-state index is 12.2. The Morgan fingerprint density at radius 3 is 2.54 bits per heavy atom. The van der Waals surface area contributed by atoms with Gasteiger partial charge in [-0.05, 0) is 31.2 Å². The number of nitrogens with one attached hydrogen (secondary N) is 1. The Labute approximate surface area is 159 Å². The summed E-state index contributed by atoms with van der Waals surface area (Å²) in [5.74, 6) is -0.219. The second kappa shape index (κ2) is 8.64. The molecule has 0 aliphatic rings. The predicted molar refractivity (Wildman–Crippen MR) is 103 cm³/mol. The van der Waals surface area contributed by atoms with E-state index in [1.807, 2.05) is 36.5 Å². The van der Waals surface area contributed by atoms with Crippen molar-refractivity contribution < 1.29 is 18.5 Å². The molecule has 0 saturated carbocycles. The zero-order chi connectivity index (χ0) is 19.3. The maximum absolute atomic E-state index is 12.2. The van der Waals surface area contributed by atoms with Gasteiger partial charge in [-0.3, -0.25) is 4.79 Å². The van der Waals surface area contributed by atoms with E-state index in [4.69, 9.17) is 11.6 Å². The van der Waals surface area contributed by atoms with Gasteiger partial charge >= 0.3 is 0 Å². The van der Waals surface area contributed by atoms with E-state index in [1.165, 1.54) is 26.2 Å². The molecule has 0 aromatic heterocycles. The third kappa shape index (κ3) is 5.04. The predicted octanol–water partition coefficient (Wildman–Crippen LogP) is 1.85. The van der Waals surface area contributed by atoms with E-state index in [0.717, 1.165) is 9.87 Å². The minimum Gasteiger partial charge on any atom is -0.332 e. The molecule has 3 N–H and O–H groups in total. The van der Waals surface area contributed by atoms with Crippen LogP contribution in [0.15, 0.2) is 53.4 Å². The topological polar surface area (TPSA) is 83.1 Å². The molecule has 140 valence electrons. The van der Waals surface area contributed by atoms with Gasteiger partial charge in [0, 0.05) is 30.4 Å². The van der Waals surface area contributed by atoms with Crippen LogP contribution in [0.4, 0.5) is 5.69 Å². The lowest BCUT2D eigenvalue weighted by molar-refractivity contribution is -0.682. The third-order valence-corrected chi connectivity index (χ3v) is 6.10. The molecule has 0 aliphatic carbocycles. The lowest BCUT2D eigenvalue weighted by atomic mass is 10.1. The lowest BCUT2D eigenvalue weighted by Gasteiger charge is -2.14. The second-order valence-corrected chi connectivity index (χ2v) is 8.67. The van der Waals surface area contributed by atoms with Crippen molar-refractivity contribution in [2.45, 2.75) is 17.9 Å². The van der Waals surface area contributed by atoms with Crippen LogP contribution in [0.5, 0.6) is 0 Å². The van der Waals surface area contributed by atoms with Crippen LogP contribution in [-0.2, 0) is 14.8 Å². The van der Waals surface area contributed by atoms with Crippen molar-refractivity contribution in [3.05, 3.63) is 59.1 Å². The zero-order valence-electron chi connectivity index (χ0n) is 14.9. The summed E-state index contributed by atoms with van der Waals surface area (Å²) in [5.41, 5.74) is 1.40. The van der Waals surface area contributed by atoms with Gasteiger partial charge in [-0.2, -0.15) is 0 Å². The molecule has 0 unspecified atom stereocenters. The number of halogens is 1. The summed E-state index contributed by atoms with van der Waals surface area (Å²) in [5, 5.41) is 5.27. The Morgan fingerprint density at radius 1 is 1.19 bits per heavy atom. The van der Waals surface area contributed by atoms with E-state index in [9.17, 15) is 13.2 Å². The van der Waals surface area contributed by atoms with Crippen molar-refractivity contribution in [2.75, 3.05) is 26.0 Å². The molecule has 26 heavy (non-hydrogen) atoms. The summed E-state index contributed by atoms with van der Waals surface area (Å²) < 4.78 is 25.5. The van der Waals surface area contributed by atoms with Crippen LogP contribution in [0.1, 0.15) is 18.5 Å². The fraction of sp³-hybridized carbons (Fsp3) is 0.278. The maximum Gasteiger partial charge on any atom is 0.279 e. The van der Waals surface area contributed by atoms with Gasteiger partial charge in [0.1, 0.15) is 6.04 Å². The van der Waals surface area contributed by atoms with E-state index in [1.54, 1.807) is 12.1 Å². The quantitative estimate of drug-likeness (QED) is 0.749. The number of sulfonamides is 1. The largest absolute Gasteiger partial charge is 0.332 e. The lowest BCUT2D eigenvalue weighted by Crippen LogP contribution is -2.86. The first kappa shape index (κ1) is 20.4. The van der Waals surface area contributed by atoms with Gasteiger partial charge < -0.3 is 10.6 Å². The van der Waals surface area contributed by atoms with Crippen molar-refractivity contribution in [1.82, 2.24) is 4.31 Å². The highest BCUT2D eigenvalue weighted by Gasteiger charge is 2.18. The van der Waals surface area contributed by atoms with Crippen LogP contribution < -0.4 is 10.6 Å². The van der Waals surface area contributed by atoms with E-state index < -0.39 is 10.0 Å². The molecule has 0 spiro atoms. The number of hydrogen-bond acceptors (Lipinski definition) is 3. The fourth-order valence-electron chi connectivity index (χ4n) is 2.41. The Bertz CT molecular complexity index is 885. The molecule has 2 aromatic rings. The van der Waals surface area contributed by atoms with Crippen molar-refractivity contribution in [3.8, 4) is 0 Å². The standard InChI is InChI=1S/C18H22ClN3O3S/c1-13(16-9-4-5-10-17(16)19)20-12-18(23)21-14-7-6-8-15(11-14)26(24,25)22(2)3/h4-11,13,20H,12H2,1-3H3,(H,21,23)/p+1/t13-/m0/s1. The normalized spacial score (nSPS) is 12.8. The number of benzene rings is 2. The molecule has 6 nitrogen and oxygen atoms in total. The number of anilines is 1. The van der Waals surface area contributed by atoms with Crippen molar-refractivity contribution in [3.63, 3.8) is 0 Å². The van der Waals surface area contributed by atoms with Gasteiger partial charge in [-0.15, -0.1) is 0 Å². The van der Waals surface area contributed by atoms with Crippen molar-refractivity contribution in [2.24, 2.45) is 0 Å². The molecular formula is C18H23ClN3O3S+. The SMILES string of the molecule is C[C@H]([NH2+]CC(=O)Nc1cccc(S(=O)(=O)N(C)C)c1)c1ccccc1Cl. The number of amides is 1. The van der Waals surface area contributed by atoms with Gasteiger partial charge in [0.15, 0.2) is 6.54 Å². The van der Waals surface area contributed by atoms with Gasteiger partial charge in [-0.25, -0.2) is 12.7 Å². The Morgan fingerprint density at radius 2 is 1.88 bits per heavy atom. The van der Waals surface area contributed by atoms with Crippen LogP contribution in [0.2, 0.25) is 5.02 Å². The molecule has 1 amide bonds. The van der Waals surface area contributed by atoms with Crippen LogP contribution in [-0.4, -0.2) is 39.3 Å². The summed E-state index contributed by atoms with van der Waals surface area (Å²) in [4.78, 5) is 12.3. The monoisotopic (exact) mass is 396 g/mol. The average Bonchev–Trinajstić information content (AvgIpc) is 2.60. The molecule has 8 heteroatoms. The second-order valence-electron chi connectivity index (χ2n) is 6.11. The van der Waals surface area contributed by atoms with E-state index in [2.05, 4.69) is 5.32 Å². The number of hydrogen-bond donors (Lipinski definition) is 2. The fourth-order valence-corrected chi connectivity index (χ4v) is 3.67. The van der Waals surface area contributed by atoms with Crippen LogP contribution >= 0.6 is 11.6 Å². The third-order valence-electron chi connectivity index (χ3n) is 3.95. The molecule has 0 fully saturated rings. The number of nitrogens with two attached hydrogens (primary N) is 1. The Hall–Kier alpha value is -1.93. The zero-order valence-corrected chi connectivity index (χ0v) is 16.5. The highest BCUT2D eigenvalue weighted by Crippen LogP contribution is 2.20. The highest BCUT2D eigenvalue weighted by atomic mass is 35.5. The molecule has 0 radical (unpaired) electrons. The van der Waals surface area contributed by atoms with Crippen LogP contribution in [0.25, 0.3) is 0 Å². The summed E-state index contributed by atoms with van der Waals surface area (Å²) in [6.45, 7) is 2.16. The summed E-state index contributed by atoms with van der Waals surface area (Å²) in [7, 11) is -0.614.